The van der Waals surface area contributed by atoms with Crippen molar-refractivity contribution in [2.45, 2.75) is 13.8 Å². The van der Waals surface area contributed by atoms with Crippen LogP contribution in [0.15, 0.2) is 16.9 Å². The summed E-state index contributed by atoms with van der Waals surface area (Å²) >= 11 is 8.56. The van der Waals surface area contributed by atoms with Gasteiger partial charge in [0.2, 0.25) is 0 Å². The lowest BCUT2D eigenvalue weighted by Gasteiger charge is -2.29. The van der Waals surface area contributed by atoms with Gasteiger partial charge < -0.3 is 10.2 Å². The Morgan fingerprint density at radius 1 is 1.47 bits per heavy atom. The van der Waals surface area contributed by atoms with E-state index in [1.807, 2.05) is 20.9 Å². The van der Waals surface area contributed by atoms with Crippen LogP contribution in [0.3, 0.4) is 0 Å². The zero-order valence-corrected chi connectivity index (χ0v) is 11.4. The van der Waals surface area contributed by atoms with E-state index in [9.17, 15) is 0 Å². The molecule has 0 radical (unpaired) electrons. The van der Waals surface area contributed by atoms with Gasteiger partial charge >= 0.3 is 0 Å². The average Bonchev–Trinajstić information content (AvgIpc) is 2.19. The summed E-state index contributed by atoms with van der Waals surface area (Å²) in [6.07, 6.45) is 3.56. The SMILES string of the molecule is CC.CN1CC(=S)Nc2cncc(Br)c21. The number of halogens is 1. The fourth-order valence-electron chi connectivity index (χ4n) is 1.39. The molecule has 1 N–H and O–H groups in total. The molecule has 0 atom stereocenters. The normalized spacial score (nSPS) is 13.6. The Morgan fingerprint density at radius 3 is 2.80 bits per heavy atom. The topological polar surface area (TPSA) is 28.2 Å². The Balaban J connectivity index is 0.000000531. The predicted octanol–water partition coefficient (Wildman–Crippen LogP) is 3.06. The average molecular weight is 288 g/mol. The Kier molecular flexibility index (Phi) is 4.47. The molecule has 0 bridgehead atoms. The molecule has 1 aromatic heterocycles. The summed E-state index contributed by atoms with van der Waals surface area (Å²) in [6.45, 7) is 4.75. The van der Waals surface area contributed by atoms with Gasteiger partial charge in [-0.2, -0.15) is 0 Å². The summed E-state index contributed by atoms with van der Waals surface area (Å²) in [5, 5.41) is 3.13. The smallest absolute Gasteiger partial charge is 0.0994 e. The molecule has 0 fully saturated rings. The number of aromatic nitrogens is 1. The van der Waals surface area contributed by atoms with Crippen LogP contribution in [0.1, 0.15) is 13.8 Å². The first-order chi connectivity index (χ1) is 7.18. The van der Waals surface area contributed by atoms with Crippen molar-refractivity contribution >= 4 is 44.5 Å². The van der Waals surface area contributed by atoms with E-state index < -0.39 is 0 Å². The van der Waals surface area contributed by atoms with Crippen molar-refractivity contribution in [2.24, 2.45) is 0 Å². The third-order valence-corrected chi connectivity index (χ3v) is 2.72. The lowest BCUT2D eigenvalue weighted by molar-refractivity contribution is 1.04. The van der Waals surface area contributed by atoms with Gasteiger partial charge in [-0.15, -0.1) is 0 Å². The fraction of sp³-hybridized carbons (Fsp3) is 0.400. The summed E-state index contributed by atoms with van der Waals surface area (Å²) in [4.78, 5) is 7.00. The number of nitrogens with one attached hydrogen (secondary N) is 1. The standard InChI is InChI=1S/C8H8BrN3S.C2H6/c1-12-4-7(13)11-6-3-10-2-5(9)8(6)12;1-2/h2-3H,4H2,1H3,(H,11,13);1-2H3. The second-order valence-corrected chi connectivity index (χ2v) is 4.27. The van der Waals surface area contributed by atoms with Gasteiger partial charge in [0.25, 0.3) is 0 Å². The lowest BCUT2D eigenvalue weighted by Crippen LogP contribution is -2.34. The summed E-state index contributed by atoms with van der Waals surface area (Å²) in [5.41, 5.74) is 2.08. The highest BCUT2D eigenvalue weighted by molar-refractivity contribution is 9.10. The summed E-state index contributed by atoms with van der Waals surface area (Å²) in [5.74, 6) is 0. The molecule has 82 valence electrons. The van der Waals surface area contributed by atoms with E-state index in [1.165, 1.54) is 0 Å². The maximum atomic E-state index is 5.11. The Bertz CT molecular complexity index is 368. The van der Waals surface area contributed by atoms with E-state index in [4.69, 9.17) is 12.2 Å². The molecule has 0 unspecified atom stereocenters. The molecular weight excluding hydrogens is 274 g/mol. The number of likely N-dealkylation sites (N-methyl/N-ethyl adjacent to an activating group) is 1. The Labute approximate surface area is 104 Å². The van der Waals surface area contributed by atoms with Crippen LogP contribution in [-0.2, 0) is 0 Å². The molecule has 1 aromatic rings. The van der Waals surface area contributed by atoms with Gasteiger partial charge in [0.1, 0.15) is 0 Å². The minimum absolute atomic E-state index is 0.755. The predicted molar refractivity (Wildman–Crippen MR) is 72.8 cm³/mol. The number of anilines is 2. The van der Waals surface area contributed by atoms with Crippen molar-refractivity contribution in [1.29, 1.82) is 0 Å². The van der Waals surface area contributed by atoms with Crippen molar-refractivity contribution < 1.29 is 0 Å². The van der Waals surface area contributed by atoms with E-state index in [0.29, 0.717) is 0 Å². The van der Waals surface area contributed by atoms with Crippen molar-refractivity contribution in [2.75, 3.05) is 23.8 Å². The molecule has 2 rings (SSSR count). The third-order valence-electron chi connectivity index (χ3n) is 1.91. The first kappa shape index (κ1) is 12.4. The van der Waals surface area contributed by atoms with Crippen molar-refractivity contribution in [3.63, 3.8) is 0 Å². The van der Waals surface area contributed by atoms with E-state index in [-0.39, 0.29) is 0 Å². The first-order valence-electron chi connectivity index (χ1n) is 4.83. The minimum Gasteiger partial charge on any atom is -0.365 e. The van der Waals surface area contributed by atoms with Gasteiger partial charge in [0.05, 0.1) is 33.6 Å². The zero-order valence-electron chi connectivity index (χ0n) is 9.04. The maximum absolute atomic E-state index is 5.11. The zero-order chi connectivity index (χ0) is 11.4. The van der Waals surface area contributed by atoms with Crippen LogP contribution in [0, 0.1) is 0 Å². The van der Waals surface area contributed by atoms with Crippen LogP contribution in [0.25, 0.3) is 0 Å². The number of hydrogen-bond acceptors (Lipinski definition) is 3. The number of hydrogen-bond donors (Lipinski definition) is 1. The van der Waals surface area contributed by atoms with E-state index in [2.05, 4.69) is 31.1 Å². The molecule has 1 aliphatic heterocycles. The highest BCUT2D eigenvalue weighted by Crippen LogP contribution is 2.34. The van der Waals surface area contributed by atoms with Crippen molar-refractivity contribution in [3.8, 4) is 0 Å². The van der Waals surface area contributed by atoms with Crippen LogP contribution in [0.4, 0.5) is 11.4 Å². The van der Waals surface area contributed by atoms with Gasteiger partial charge in [-0.05, 0) is 15.9 Å². The Morgan fingerprint density at radius 2 is 2.13 bits per heavy atom. The number of rotatable bonds is 0. The number of nitrogens with zero attached hydrogens (tertiary/aromatic N) is 2. The largest absolute Gasteiger partial charge is 0.365 e. The highest BCUT2D eigenvalue weighted by Gasteiger charge is 2.18. The second-order valence-electron chi connectivity index (χ2n) is 2.92. The summed E-state index contributed by atoms with van der Waals surface area (Å²) in [7, 11) is 2.01. The number of thiocarbonyl (C=S) groups is 1. The van der Waals surface area contributed by atoms with E-state index >= 15 is 0 Å². The number of pyridine rings is 1. The van der Waals surface area contributed by atoms with E-state index in [0.717, 1.165) is 27.4 Å². The van der Waals surface area contributed by atoms with Gasteiger partial charge in [-0.1, -0.05) is 26.1 Å². The first-order valence-corrected chi connectivity index (χ1v) is 6.03. The summed E-state index contributed by atoms with van der Waals surface area (Å²) in [6, 6.07) is 0. The molecule has 2 heterocycles. The lowest BCUT2D eigenvalue weighted by atomic mass is 10.2. The maximum Gasteiger partial charge on any atom is 0.0994 e. The molecule has 15 heavy (non-hydrogen) atoms. The van der Waals surface area contributed by atoms with Gasteiger partial charge in [-0.3, -0.25) is 4.98 Å². The Hall–Kier alpha value is -0.680. The quantitative estimate of drug-likeness (QED) is 0.743. The van der Waals surface area contributed by atoms with Crippen LogP contribution >= 0.6 is 28.1 Å². The summed E-state index contributed by atoms with van der Waals surface area (Å²) < 4.78 is 0.988. The molecule has 1 aliphatic rings. The molecule has 0 aliphatic carbocycles. The van der Waals surface area contributed by atoms with Gasteiger partial charge in [0.15, 0.2) is 0 Å². The van der Waals surface area contributed by atoms with E-state index in [1.54, 1.807) is 12.4 Å². The molecule has 5 heteroatoms. The number of fused-ring (bicyclic) bond motifs is 1. The van der Waals surface area contributed by atoms with Gasteiger partial charge in [0, 0.05) is 13.2 Å². The van der Waals surface area contributed by atoms with Crippen LogP contribution in [0.5, 0.6) is 0 Å². The second kappa shape index (κ2) is 5.42. The minimum atomic E-state index is 0.755. The van der Waals surface area contributed by atoms with Crippen molar-refractivity contribution in [3.05, 3.63) is 16.9 Å². The highest BCUT2D eigenvalue weighted by atomic mass is 79.9. The molecule has 3 nitrogen and oxygen atoms in total. The van der Waals surface area contributed by atoms with Crippen LogP contribution in [0.2, 0.25) is 0 Å². The van der Waals surface area contributed by atoms with Crippen LogP contribution in [-0.4, -0.2) is 23.6 Å². The third kappa shape index (κ3) is 2.66. The molecule has 0 amide bonds. The molecule has 0 aromatic carbocycles. The van der Waals surface area contributed by atoms with Crippen molar-refractivity contribution in [1.82, 2.24) is 4.98 Å². The fourth-order valence-corrected chi connectivity index (χ4v) is 2.33. The molecule has 0 spiro atoms. The monoisotopic (exact) mass is 287 g/mol. The van der Waals surface area contributed by atoms with Gasteiger partial charge in [-0.25, -0.2) is 0 Å². The molecule has 0 saturated heterocycles. The van der Waals surface area contributed by atoms with Crippen LogP contribution < -0.4 is 10.2 Å². The molecular formula is C10H14BrN3S. The molecule has 0 saturated carbocycles.